The van der Waals surface area contributed by atoms with Crippen molar-refractivity contribution in [2.75, 3.05) is 6.61 Å². The van der Waals surface area contributed by atoms with Crippen molar-refractivity contribution in [1.29, 1.82) is 0 Å². The number of ether oxygens (including phenoxy) is 1. The molecule has 3 heteroatoms. The van der Waals surface area contributed by atoms with Crippen molar-refractivity contribution in [1.82, 2.24) is 10.3 Å². The van der Waals surface area contributed by atoms with E-state index in [1.54, 1.807) is 0 Å². The van der Waals surface area contributed by atoms with Gasteiger partial charge in [-0.15, -0.1) is 0 Å². The van der Waals surface area contributed by atoms with Gasteiger partial charge in [-0.25, -0.2) is 0 Å². The van der Waals surface area contributed by atoms with Crippen LogP contribution in [0.2, 0.25) is 0 Å². The topological polar surface area (TPSA) is 34.1 Å². The van der Waals surface area contributed by atoms with E-state index in [1.807, 2.05) is 12.3 Å². The second kappa shape index (κ2) is 8.20. The van der Waals surface area contributed by atoms with Crippen molar-refractivity contribution in [2.45, 2.75) is 52.8 Å². The van der Waals surface area contributed by atoms with Crippen LogP contribution in [-0.4, -0.2) is 17.6 Å². The number of pyridine rings is 1. The second-order valence-electron chi connectivity index (χ2n) is 4.60. The molecule has 0 unspecified atom stereocenters. The molecule has 0 aromatic carbocycles. The van der Waals surface area contributed by atoms with Crippen LogP contribution in [-0.2, 0) is 17.9 Å². The molecule has 0 amide bonds. The molecule has 0 radical (unpaired) electrons. The maximum absolute atomic E-state index is 5.52. The highest BCUT2D eigenvalue weighted by molar-refractivity contribution is 5.13. The van der Waals surface area contributed by atoms with Crippen molar-refractivity contribution in [2.24, 2.45) is 0 Å². The number of hydrogen-bond donors (Lipinski definition) is 1. The van der Waals surface area contributed by atoms with Crippen LogP contribution in [0.5, 0.6) is 0 Å². The standard InChI is InChI=1S/C14H24N2O/c1-4-5-8-17-11-14-7-6-13(10-16-14)9-15-12(2)3/h6-7,10,12,15H,4-5,8-9,11H2,1-3H3. The van der Waals surface area contributed by atoms with Crippen molar-refractivity contribution < 1.29 is 4.74 Å². The lowest BCUT2D eigenvalue weighted by atomic mass is 10.2. The third kappa shape index (κ3) is 6.39. The molecule has 0 bridgehead atoms. The van der Waals surface area contributed by atoms with Crippen LogP contribution in [0.4, 0.5) is 0 Å². The zero-order valence-electron chi connectivity index (χ0n) is 11.2. The van der Waals surface area contributed by atoms with Gasteiger partial charge in [0.15, 0.2) is 0 Å². The first-order valence-corrected chi connectivity index (χ1v) is 6.47. The zero-order valence-corrected chi connectivity index (χ0v) is 11.2. The number of nitrogens with one attached hydrogen (secondary N) is 1. The van der Waals surface area contributed by atoms with Crippen molar-refractivity contribution >= 4 is 0 Å². The van der Waals surface area contributed by atoms with Gasteiger partial charge in [0, 0.05) is 25.4 Å². The molecular weight excluding hydrogens is 212 g/mol. The summed E-state index contributed by atoms with van der Waals surface area (Å²) in [6, 6.07) is 4.66. The highest BCUT2D eigenvalue weighted by Gasteiger charge is 1.98. The molecule has 1 aromatic heterocycles. The summed E-state index contributed by atoms with van der Waals surface area (Å²) in [5.41, 5.74) is 2.23. The summed E-state index contributed by atoms with van der Waals surface area (Å²) in [6.07, 6.45) is 4.22. The molecule has 1 N–H and O–H groups in total. The summed E-state index contributed by atoms with van der Waals surface area (Å²) >= 11 is 0. The van der Waals surface area contributed by atoms with Gasteiger partial charge in [0.05, 0.1) is 12.3 Å². The smallest absolute Gasteiger partial charge is 0.0887 e. The molecule has 1 heterocycles. The Morgan fingerprint density at radius 3 is 2.76 bits per heavy atom. The first-order valence-electron chi connectivity index (χ1n) is 6.47. The SMILES string of the molecule is CCCCOCc1ccc(CNC(C)C)cn1. The Bertz CT molecular complexity index is 296. The molecule has 0 fully saturated rings. The van der Waals surface area contributed by atoms with E-state index in [0.29, 0.717) is 12.6 Å². The van der Waals surface area contributed by atoms with Gasteiger partial charge >= 0.3 is 0 Å². The van der Waals surface area contributed by atoms with E-state index in [0.717, 1.165) is 25.3 Å². The molecular formula is C14H24N2O. The average Bonchev–Trinajstić information content (AvgIpc) is 2.33. The van der Waals surface area contributed by atoms with Gasteiger partial charge < -0.3 is 10.1 Å². The predicted molar refractivity (Wildman–Crippen MR) is 70.8 cm³/mol. The minimum Gasteiger partial charge on any atom is -0.375 e. The lowest BCUT2D eigenvalue weighted by molar-refractivity contribution is 0.115. The third-order valence-electron chi connectivity index (χ3n) is 2.49. The van der Waals surface area contributed by atoms with Crippen molar-refractivity contribution in [3.63, 3.8) is 0 Å². The Hall–Kier alpha value is -0.930. The highest BCUT2D eigenvalue weighted by Crippen LogP contribution is 2.02. The number of hydrogen-bond acceptors (Lipinski definition) is 3. The lowest BCUT2D eigenvalue weighted by Crippen LogP contribution is -2.21. The van der Waals surface area contributed by atoms with Crippen LogP contribution in [0.3, 0.4) is 0 Å². The Morgan fingerprint density at radius 1 is 1.35 bits per heavy atom. The summed E-state index contributed by atoms with van der Waals surface area (Å²) in [5.74, 6) is 0. The van der Waals surface area contributed by atoms with E-state index in [-0.39, 0.29) is 0 Å². The summed E-state index contributed by atoms with van der Waals surface area (Å²) in [5, 5.41) is 3.37. The van der Waals surface area contributed by atoms with E-state index in [1.165, 1.54) is 12.0 Å². The molecule has 3 nitrogen and oxygen atoms in total. The van der Waals surface area contributed by atoms with Gasteiger partial charge in [0.1, 0.15) is 0 Å². The number of unbranched alkanes of at least 4 members (excludes halogenated alkanes) is 1. The van der Waals surface area contributed by atoms with Gasteiger partial charge in [0.25, 0.3) is 0 Å². The van der Waals surface area contributed by atoms with Crippen LogP contribution in [0, 0.1) is 0 Å². The average molecular weight is 236 g/mol. The Kier molecular flexibility index (Phi) is 6.82. The van der Waals surface area contributed by atoms with Crippen LogP contribution in [0.1, 0.15) is 44.9 Å². The summed E-state index contributed by atoms with van der Waals surface area (Å²) < 4.78 is 5.52. The molecule has 1 aromatic rings. The largest absolute Gasteiger partial charge is 0.375 e. The maximum Gasteiger partial charge on any atom is 0.0887 e. The van der Waals surface area contributed by atoms with E-state index < -0.39 is 0 Å². The minimum absolute atomic E-state index is 0.507. The molecule has 1 rings (SSSR count). The fraction of sp³-hybridized carbons (Fsp3) is 0.643. The summed E-state index contributed by atoms with van der Waals surface area (Å²) in [7, 11) is 0. The highest BCUT2D eigenvalue weighted by atomic mass is 16.5. The Balaban J connectivity index is 2.29. The molecule has 0 aliphatic carbocycles. The maximum atomic E-state index is 5.52. The van der Waals surface area contributed by atoms with Crippen LogP contribution in [0.15, 0.2) is 18.3 Å². The van der Waals surface area contributed by atoms with E-state index in [4.69, 9.17) is 4.74 Å². The quantitative estimate of drug-likeness (QED) is 0.705. The van der Waals surface area contributed by atoms with Crippen LogP contribution >= 0.6 is 0 Å². The Labute approximate surface area is 105 Å². The molecule has 17 heavy (non-hydrogen) atoms. The third-order valence-corrected chi connectivity index (χ3v) is 2.49. The number of rotatable bonds is 8. The first-order chi connectivity index (χ1) is 8.22. The minimum atomic E-state index is 0.507. The van der Waals surface area contributed by atoms with Crippen molar-refractivity contribution in [3.05, 3.63) is 29.6 Å². The van der Waals surface area contributed by atoms with Gasteiger partial charge in [-0.05, 0) is 18.1 Å². The molecule has 0 saturated heterocycles. The van der Waals surface area contributed by atoms with Gasteiger partial charge in [-0.3, -0.25) is 4.98 Å². The van der Waals surface area contributed by atoms with Gasteiger partial charge in [-0.2, -0.15) is 0 Å². The normalized spacial score (nSPS) is 11.1. The van der Waals surface area contributed by atoms with Crippen LogP contribution < -0.4 is 5.32 Å². The fourth-order valence-corrected chi connectivity index (χ4v) is 1.39. The van der Waals surface area contributed by atoms with E-state index in [2.05, 4.69) is 37.1 Å². The van der Waals surface area contributed by atoms with Crippen molar-refractivity contribution in [3.8, 4) is 0 Å². The van der Waals surface area contributed by atoms with Gasteiger partial charge in [-0.1, -0.05) is 33.3 Å². The predicted octanol–water partition coefficient (Wildman–Crippen LogP) is 2.90. The molecule has 0 aliphatic heterocycles. The van der Waals surface area contributed by atoms with Crippen LogP contribution in [0.25, 0.3) is 0 Å². The summed E-state index contributed by atoms with van der Waals surface area (Å²) in [4.78, 5) is 4.39. The second-order valence-corrected chi connectivity index (χ2v) is 4.60. The molecule has 0 aliphatic rings. The molecule has 0 atom stereocenters. The van der Waals surface area contributed by atoms with E-state index in [9.17, 15) is 0 Å². The monoisotopic (exact) mass is 236 g/mol. The molecule has 0 spiro atoms. The Morgan fingerprint density at radius 2 is 2.18 bits per heavy atom. The summed E-state index contributed by atoms with van der Waals surface area (Å²) in [6.45, 7) is 8.78. The lowest BCUT2D eigenvalue weighted by Gasteiger charge is -2.08. The zero-order chi connectivity index (χ0) is 12.5. The van der Waals surface area contributed by atoms with E-state index >= 15 is 0 Å². The fourth-order valence-electron chi connectivity index (χ4n) is 1.39. The molecule has 96 valence electrons. The van der Waals surface area contributed by atoms with Gasteiger partial charge in [0.2, 0.25) is 0 Å². The number of aromatic nitrogens is 1. The number of nitrogens with zero attached hydrogens (tertiary/aromatic N) is 1. The first kappa shape index (κ1) is 14.1. The molecule has 0 saturated carbocycles.